The molecule has 0 N–H and O–H groups in total. The molecule has 0 aromatic heterocycles. The highest BCUT2D eigenvalue weighted by atomic mass is 16.5. The molecule has 0 bridgehead atoms. The zero-order valence-electron chi connectivity index (χ0n) is 13.8. The summed E-state index contributed by atoms with van der Waals surface area (Å²) in [5.41, 5.74) is 1.77. The number of nitrogens with zero attached hydrogens (tertiary/aromatic N) is 1. The Morgan fingerprint density at radius 3 is 2.24 bits per heavy atom. The Hall–Kier alpha value is -3.33. The van der Waals surface area contributed by atoms with Crippen molar-refractivity contribution < 1.29 is 9.47 Å². The second-order valence-electron chi connectivity index (χ2n) is 5.30. The summed E-state index contributed by atoms with van der Waals surface area (Å²) >= 11 is 0. The Labute approximate surface area is 147 Å². The minimum Gasteiger partial charge on any atom is -0.489 e. The molecule has 0 aliphatic carbocycles. The maximum atomic E-state index is 5.78. The van der Waals surface area contributed by atoms with Crippen LogP contribution in [0.2, 0.25) is 0 Å². The Kier molecular flexibility index (Phi) is 5.62. The number of aliphatic imine (C=N–C) groups is 1. The van der Waals surface area contributed by atoms with Crippen LogP contribution in [0.3, 0.4) is 0 Å². The standard InChI is InChI=1S/C22H19NO2/c1-2-16-24-22-11-7-6-8-18(22)17-23-19-12-14-21(15-13-19)25-20-9-4-3-5-10-20/h2-15,17H,1,16H2. The van der Waals surface area contributed by atoms with E-state index >= 15 is 0 Å². The number of benzene rings is 3. The van der Waals surface area contributed by atoms with E-state index in [0.717, 1.165) is 28.5 Å². The maximum Gasteiger partial charge on any atom is 0.128 e. The zero-order valence-corrected chi connectivity index (χ0v) is 13.8. The monoisotopic (exact) mass is 329 g/mol. The molecule has 0 aliphatic rings. The van der Waals surface area contributed by atoms with Gasteiger partial charge in [0.15, 0.2) is 0 Å². The van der Waals surface area contributed by atoms with Crippen LogP contribution in [0.25, 0.3) is 0 Å². The highest BCUT2D eigenvalue weighted by Gasteiger charge is 2.00. The molecule has 3 nitrogen and oxygen atoms in total. The zero-order chi connectivity index (χ0) is 17.3. The average Bonchev–Trinajstić information content (AvgIpc) is 2.67. The van der Waals surface area contributed by atoms with Gasteiger partial charge in [-0.1, -0.05) is 43.0 Å². The fraction of sp³-hybridized carbons (Fsp3) is 0.0455. The second-order valence-corrected chi connectivity index (χ2v) is 5.30. The molecule has 0 amide bonds. The van der Waals surface area contributed by atoms with Crippen molar-refractivity contribution in [2.75, 3.05) is 6.61 Å². The number of rotatable bonds is 7. The van der Waals surface area contributed by atoms with Gasteiger partial charge < -0.3 is 9.47 Å². The van der Waals surface area contributed by atoms with Gasteiger partial charge in [-0.3, -0.25) is 4.99 Å². The molecule has 0 saturated heterocycles. The lowest BCUT2D eigenvalue weighted by atomic mass is 10.2. The highest BCUT2D eigenvalue weighted by molar-refractivity contribution is 5.85. The van der Waals surface area contributed by atoms with E-state index in [0.29, 0.717) is 6.61 Å². The smallest absolute Gasteiger partial charge is 0.128 e. The molecule has 0 spiro atoms. The summed E-state index contributed by atoms with van der Waals surface area (Å²) in [5.74, 6) is 2.38. The lowest BCUT2D eigenvalue weighted by Crippen LogP contribution is -1.96. The molecule has 0 saturated carbocycles. The van der Waals surface area contributed by atoms with Gasteiger partial charge in [0.05, 0.1) is 5.69 Å². The first kappa shape index (κ1) is 16.5. The lowest BCUT2D eigenvalue weighted by Gasteiger charge is -2.06. The quantitative estimate of drug-likeness (QED) is 0.405. The minimum atomic E-state index is 0.469. The van der Waals surface area contributed by atoms with Gasteiger partial charge in [0.25, 0.3) is 0 Å². The maximum absolute atomic E-state index is 5.78. The minimum absolute atomic E-state index is 0.469. The van der Waals surface area contributed by atoms with Crippen molar-refractivity contribution >= 4 is 11.9 Å². The van der Waals surface area contributed by atoms with Gasteiger partial charge >= 0.3 is 0 Å². The largest absolute Gasteiger partial charge is 0.489 e. The fourth-order valence-corrected chi connectivity index (χ4v) is 2.24. The Morgan fingerprint density at radius 2 is 1.48 bits per heavy atom. The van der Waals surface area contributed by atoms with Gasteiger partial charge in [-0.2, -0.15) is 0 Å². The molecule has 0 unspecified atom stereocenters. The van der Waals surface area contributed by atoms with Crippen LogP contribution in [0.4, 0.5) is 5.69 Å². The first-order valence-electron chi connectivity index (χ1n) is 8.05. The average molecular weight is 329 g/mol. The molecular weight excluding hydrogens is 310 g/mol. The van der Waals surface area contributed by atoms with Crippen molar-refractivity contribution in [2.24, 2.45) is 4.99 Å². The molecular formula is C22H19NO2. The van der Waals surface area contributed by atoms with E-state index in [9.17, 15) is 0 Å². The molecule has 25 heavy (non-hydrogen) atoms. The molecule has 3 aromatic carbocycles. The van der Waals surface area contributed by atoms with Crippen LogP contribution in [0.5, 0.6) is 17.2 Å². The van der Waals surface area contributed by atoms with Crippen LogP contribution in [0, 0.1) is 0 Å². The van der Waals surface area contributed by atoms with Crippen LogP contribution in [-0.2, 0) is 0 Å². The third kappa shape index (κ3) is 4.82. The van der Waals surface area contributed by atoms with E-state index in [-0.39, 0.29) is 0 Å². The molecule has 3 aromatic rings. The molecule has 0 atom stereocenters. The van der Waals surface area contributed by atoms with Crippen molar-refractivity contribution in [3.05, 3.63) is 97.1 Å². The molecule has 0 fully saturated rings. The summed E-state index contributed by atoms with van der Waals surface area (Å²) in [5, 5.41) is 0. The van der Waals surface area contributed by atoms with E-state index < -0.39 is 0 Å². The van der Waals surface area contributed by atoms with Crippen molar-refractivity contribution in [2.45, 2.75) is 0 Å². The Balaban J connectivity index is 1.69. The number of hydrogen-bond donors (Lipinski definition) is 0. The summed E-state index contributed by atoms with van der Waals surface area (Å²) in [7, 11) is 0. The molecule has 3 rings (SSSR count). The third-order valence-electron chi connectivity index (χ3n) is 3.44. The number of ether oxygens (including phenoxy) is 2. The highest BCUT2D eigenvalue weighted by Crippen LogP contribution is 2.24. The predicted molar refractivity (Wildman–Crippen MR) is 102 cm³/mol. The molecule has 0 aliphatic heterocycles. The van der Waals surface area contributed by atoms with E-state index in [4.69, 9.17) is 9.47 Å². The predicted octanol–water partition coefficient (Wildman–Crippen LogP) is 5.79. The SMILES string of the molecule is C=CCOc1ccccc1C=Nc1ccc(Oc2ccccc2)cc1. The Morgan fingerprint density at radius 1 is 0.800 bits per heavy atom. The van der Waals surface area contributed by atoms with E-state index in [2.05, 4.69) is 11.6 Å². The van der Waals surface area contributed by atoms with Crippen LogP contribution in [0.15, 0.2) is 96.5 Å². The molecule has 124 valence electrons. The summed E-state index contributed by atoms with van der Waals surface area (Å²) in [6.07, 6.45) is 3.52. The molecule has 0 heterocycles. The van der Waals surface area contributed by atoms with Gasteiger partial charge in [0, 0.05) is 11.8 Å². The summed E-state index contributed by atoms with van der Waals surface area (Å²) in [6, 6.07) is 25.1. The Bertz CT molecular complexity index is 839. The second kappa shape index (κ2) is 8.50. The van der Waals surface area contributed by atoms with E-state index in [1.54, 1.807) is 12.3 Å². The number of hydrogen-bond acceptors (Lipinski definition) is 3. The third-order valence-corrected chi connectivity index (χ3v) is 3.44. The van der Waals surface area contributed by atoms with Crippen LogP contribution < -0.4 is 9.47 Å². The van der Waals surface area contributed by atoms with E-state index in [1.807, 2.05) is 78.9 Å². The number of para-hydroxylation sites is 2. The first-order chi connectivity index (χ1) is 12.3. The normalized spacial score (nSPS) is 10.6. The fourth-order valence-electron chi connectivity index (χ4n) is 2.24. The lowest BCUT2D eigenvalue weighted by molar-refractivity contribution is 0.363. The van der Waals surface area contributed by atoms with Crippen molar-refractivity contribution in [3.8, 4) is 17.2 Å². The van der Waals surface area contributed by atoms with Crippen molar-refractivity contribution in [1.82, 2.24) is 0 Å². The van der Waals surface area contributed by atoms with Gasteiger partial charge in [-0.25, -0.2) is 0 Å². The van der Waals surface area contributed by atoms with Crippen LogP contribution in [0.1, 0.15) is 5.56 Å². The van der Waals surface area contributed by atoms with Crippen molar-refractivity contribution in [3.63, 3.8) is 0 Å². The first-order valence-corrected chi connectivity index (χ1v) is 8.05. The van der Waals surface area contributed by atoms with Crippen LogP contribution >= 0.6 is 0 Å². The van der Waals surface area contributed by atoms with Crippen LogP contribution in [-0.4, -0.2) is 12.8 Å². The van der Waals surface area contributed by atoms with Crippen molar-refractivity contribution in [1.29, 1.82) is 0 Å². The van der Waals surface area contributed by atoms with Gasteiger partial charge in [-0.15, -0.1) is 0 Å². The summed E-state index contributed by atoms with van der Waals surface area (Å²) < 4.78 is 11.4. The van der Waals surface area contributed by atoms with Gasteiger partial charge in [0.2, 0.25) is 0 Å². The molecule has 3 heteroatoms. The molecule has 0 radical (unpaired) electrons. The summed E-state index contributed by atoms with van der Waals surface area (Å²) in [4.78, 5) is 4.51. The topological polar surface area (TPSA) is 30.8 Å². The van der Waals surface area contributed by atoms with Gasteiger partial charge in [0.1, 0.15) is 23.9 Å². The van der Waals surface area contributed by atoms with Gasteiger partial charge in [-0.05, 0) is 48.5 Å². The summed E-state index contributed by atoms with van der Waals surface area (Å²) in [6.45, 7) is 4.14. The van der Waals surface area contributed by atoms with E-state index in [1.165, 1.54) is 0 Å².